The molecule has 1 heterocycles. The lowest BCUT2D eigenvalue weighted by atomic mass is 9.87. The van der Waals surface area contributed by atoms with E-state index in [4.69, 9.17) is 31.5 Å². The van der Waals surface area contributed by atoms with Gasteiger partial charge in [-0.15, -0.1) is 12.4 Å². The van der Waals surface area contributed by atoms with Crippen LogP contribution in [0.4, 0.5) is 0 Å². The van der Waals surface area contributed by atoms with Gasteiger partial charge in [0, 0.05) is 19.3 Å². The van der Waals surface area contributed by atoms with Crippen LogP contribution in [0.2, 0.25) is 5.02 Å². The number of nitrogens with two attached hydrogens (primary N) is 1. The lowest BCUT2D eigenvalue weighted by Crippen LogP contribution is -2.27. The highest BCUT2D eigenvalue weighted by Crippen LogP contribution is 2.41. The van der Waals surface area contributed by atoms with Crippen molar-refractivity contribution in [3.8, 4) is 11.5 Å². The molecule has 0 radical (unpaired) electrons. The molecule has 0 unspecified atom stereocenters. The smallest absolute Gasteiger partial charge is 0.179 e. The van der Waals surface area contributed by atoms with Crippen molar-refractivity contribution >= 4 is 24.0 Å². The van der Waals surface area contributed by atoms with Crippen molar-refractivity contribution in [1.29, 1.82) is 0 Å². The highest BCUT2D eigenvalue weighted by atomic mass is 35.5. The molecule has 1 fully saturated rings. The van der Waals surface area contributed by atoms with Gasteiger partial charge in [-0.2, -0.15) is 0 Å². The molecule has 6 heteroatoms. The quantitative estimate of drug-likeness (QED) is 0.925. The molecule has 2 rings (SSSR count). The third-order valence-corrected chi connectivity index (χ3v) is 4.04. The Hall–Kier alpha value is -0.680. The van der Waals surface area contributed by atoms with Gasteiger partial charge in [-0.05, 0) is 30.4 Å². The van der Waals surface area contributed by atoms with Crippen LogP contribution in [-0.2, 0) is 4.74 Å². The van der Waals surface area contributed by atoms with E-state index < -0.39 is 0 Å². The summed E-state index contributed by atoms with van der Waals surface area (Å²) < 4.78 is 15.9. The standard InChI is InChI=1S/C14H20ClNO3.ClH/c1-17-11-4-3-10(12(15)14(11)18-2)13(16)9-5-7-19-8-6-9;/h3-4,9,13H,5-8,16H2,1-2H3;1H/t13-;/m1./s1. The van der Waals surface area contributed by atoms with Gasteiger partial charge < -0.3 is 19.9 Å². The third-order valence-electron chi connectivity index (χ3n) is 3.65. The summed E-state index contributed by atoms with van der Waals surface area (Å²) >= 11 is 6.39. The highest BCUT2D eigenvalue weighted by molar-refractivity contribution is 6.33. The zero-order valence-corrected chi connectivity index (χ0v) is 13.3. The zero-order valence-electron chi connectivity index (χ0n) is 11.7. The molecule has 0 aliphatic carbocycles. The van der Waals surface area contributed by atoms with Crippen LogP contribution in [0.5, 0.6) is 11.5 Å². The molecule has 0 spiro atoms. The van der Waals surface area contributed by atoms with Crippen LogP contribution in [0, 0.1) is 5.92 Å². The van der Waals surface area contributed by atoms with E-state index in [1.165, 1.54) is 0 Å². The summed E-state index contributed by atoms with van der Waals surface area (Å²) in [5.41, 5.74) is 7.26. The summed E-state index contributed by atoms with van der Waals surface area (Å²) in [6, 6.07) is 3.67. The summed E-state index contributed by atoms with van der Waals surface area (Å²) in [6.45, 7) is 1.53. The fourth-order valence-corrected chi connectivity index (χ4v) is 2.85. The van der Waals surface area contributed by atoms with Crippen molar-refractivity contribution in [1.82, 2.24) is 0 Å². The van der Waals surface area contributed by atoms with E-state index in [0.717, 1.165) is 31.6 Å². The second-order valence-corrected chi connectivity index (χ2v) is 5.06. The first-order valence-corrected chi connectivity index (χ1v) is 6.80. The third kappa shape index (κ3) is 3.50. The first-order valence-electron chi connectivity index (χ1n) is 6.42. The minimum atomic E-state index is -0.101. The van der Waals surface area contributed by atoms with Crippen molar-refractivity contribution in [2.75, 3.05) is 27.4 Å². The summed E-state index contributed by atoms with van der Waals surface area (Å²) in [5.74, 6) is 1.56. The molecule has 0 aromatic heterocycles. The van der Waals surface area contributed by atoms with Crippen LogP contribution >= 0.6 is 24.0 Å². The minimum Gasteiger partial charge on any atom is -0.493 e. The molecule has 4 nitrogen and oxygen atoms in total. The summed E-state index contributed by atoms with van der Waals surface area (Å²) in [6.07, 6.45) is 1.93. The maximum Gasteiger partial charge on any atom is 0.179 e. The molecule has 1 aromatic rings. The number of hydrogen-bond donors (Lipinski definition) is 1. The summed E-state index contributed by atoms with van der Waals surface area (Å²) in [4.78, 5) is 0. The second kappa shape index (κ2) is 7.93. The van der Waals surface area contributed by atoms with Crippen LogP contribution in [0.1, 0.15) is 24.4 Å². The van der Waals surface area contributed by atoms with E-state index in [-0.39, 0.29) is 18.4 Å². The molecule has 1 atom stereocenters. The monoisotopic (exact) mass is 321 g/mol. The van der Waals surface area contributed by atoms with Crippen LogP contribution in [-0.4, -0.2) is 27.4 Å². The molecule has 20 heavy (non-hydrogen) atoms. The number of rotatable bonds is 4. The lowest BCUT2D eigenvalue weighted by Gasteiger charge is -2.28. The Morgan fingerprint density at radius 3 is 2.45 bits per heavy atom. The average molecular weight is 322 g/mol. The predicted molar refractivity (Wildman–Crippen MR) is 82.3 cm³/mol. The van der Waals surface area contributed by atoms with Crippen molar-refractivity contribution in [3.05, 3.63) is 22.7 Å². The van der Waals surface area contributed by atoms with Gasteiger partial charge in [-0.25, -0.2) is 0 Å². The van der Waals surface area contributed by atoms with E-state index >= 15 is 0 Å². The predicted octanol–water partition coefficient (Wildman–Crippen LogP) is 3.21. The molecule has 0 bridgehead atoms. The first-order chi connectivity index (χ1) is 9.19. The van der Waals surface area contributed by atoms with Gasteiger partial charge >= 0.3 is 0 Å². The Kier molecular flexibility index (Phi) is 6.89. The molecular formula is C14H21Cl2NO3. The fraction of sp³-hybridized carbons (Fsp3) is 0.571. The highest BCUT2D eigenvalue weighted by Gasteiger charge is 2.26. The largest absolute Gasteiger partial charge is 0.493 e. The van der Waals surface area contributed by atoms with Gasteiger partial charge in [0.15, 0.2) is 11.5 Å². The molecule has 0 saturated carbocycles. The zero-order chi connectivity index (χ0) is 13.8. The fourth-order valence-electron chi connectivity index (χ4n) is 2.49. The van der Waals surface area contributed by atoms with Gasteiger partial charge in [0.25, 0.3) is 0 Å². The lowest BCUT2D eigenvalue weighted by molar-refractivity contribution is 0.0583. The Morgan fingerprint density at radius 2 is 1.90 bits per heavy atom. The number of halogens is 2. The minimum absolute atomic E-state index is 0. The second-order valence-electron chi connectivity index (χ2n) is 4.68. The maximum atomic E-state index is 6.39. The van der Waals surface area contributed by atoms with Gasteiger partial charge in [-0.1, -0.05) is 17.7 Å². The van der Waals surface area contributed by atoms with Gasteiger partial charge in [0.1, 0.15) is 0 Å². The van der Waals surface area contributed by atoms with E-state index in [2.05, 4.69) is 0 Å². The molecule has 2 N–H and O–H groups in total. The number of hydrogen-bond acceptors (Lipinski definition) is 4. The molecule has 1 aliphatic rings. The molecule has 0 amide bonds. The number of benzene rings is 1. The van der Waals surface area contributed by atoms with Crippen molar-refractivity contribution in [3.63, 3.8) is 0 Å². The first kappa shape index (κ1) is 17.4. The number of methoxy groups -OCH3 is 2. The van der Waals surface area contributed by atoms with E-state index in [0.29, 0.717) is 22.4 Å². The maximum absolute atomic E-state index is 6.39. The van der Waals surface area contributed by atoms with E-state index in [1.807, 2.05) is 12.1 Å². The van der Waals surface area contributed by atoms with Crippen LogP contribution < -0.4 is 15.2 Å². The van der Waals surface area contributed by atoms with Gasteiger partial charge in [0.2, 0.25) is 0 Å². The Labute approximate surface area is 130 Å². The Morgan fingerprint density at radius 1 is 1.25 bits per heavy atom. The van der Waals surface area contributed by atoms with E-state index in [1.54, 1.807) is 14.2 Å². The molecule has 1 saturated heterocycles. The summed E-state index contributed by atoms with van der Waals surface area (Å²) in [7, 11) is 3.17. The molecular weight excluding hydrogens is 301 g/mol. The van der Waals surface area contributed by atoms with Gasteiger partial charge in [0.05, 0.1) is 19.2 Å². The van der Waals surface area contributed by atoms with Gasteiger partial charge in [-0.3, -0.25) is 0 Å². The van der Waals surface area contributed by atoms with Crippen molar-refractivity contribution < 1.29 is 14.2 Å². The Balaban J connectivity index is 0.00000200. The van der Waals surface area contributed by atoms with Crippen LogP contribution in [0.3, 0.4) is 0 Å². The van der Waals surface area contributed by atoms with Crippen molar-refractivity contribution in [2.45, 2.75) is 18.9 Å². The SMILES string of the molecule is COc1ccc([C@H](N)C2CCOCC2)c(Cl)c1OC.Cl. The number of ether oxygens (including phenoxy) is 3. The molecule has 1 aliphatic heterocycles. The van der Waals surface area contributed by atoms with Crippen LogP contribution in [0.25, 0.3) is 0 Å². The average Bonchev–Trinajstić information content (AvgIpc) is 2.47. The Bertz CT molecular complexity index is 437. The summed E-state index contributed by atoms with van der Waals surface area (Å²) in [5, 5.41) is 0.542. The topological polar surface area (TPSA) is 53.7 Å². The normalized spacial score (nSPS) is 17.2. The molecule has 1 aromatic carbocycles. The van der Waals surface area contributed by atoms with E-state index in [9.17, 15) is 0 Å². The van der Waals surface area contributed by atoms with Crippen LogP contribution in [0.15, 0.2) is 12.1 Å². The molecule has 114 valence electrons. The van der Waals surface area contributed by atoms with Crippen molar-refractivity contribution in [2.24, 2.45) is 11.7 Å².